The van der Waals surface area contributed by atoms with Crippen molar-refractivity contribution >= 4 is 21.7 Å². The molecule has 9 heteroatoms. The van der Waals surface area contributed by atoms with Gasteiger partial charge in [0.25, 0.3) is 0 Å². The quantitative estimate of drug-likeness (QED) is 0.881. The van der Waals surface area contributed by atoms with Gasteiger partial charge in [0.2, 0.25) is 10.0 Å². The van der Waals surface area contributed by atoms with Crippen molar-refractivity contribution < 1.29 is 22.0 Å². The second-order valence-electron chi connectivity index (χ2n) is 5.09. The average molecular weight is 355 g/mol. The molecule has 128 valence electrons. The zero-order chi connectivity index (χ0) is 17.9. The van der Waals surface area contributed by atoms with Gasteiger partial charge in [0.1, 0.15) is 11.6 Å². The minimum absolute atomic E-state index is 0.0623. The van der Waals surface area contributed by atoms with E-state index in [1.54, 1.807) is 0 Å². The van der Waals surface area contributed by atoms with E-state index in [2.05, 4.69) is 5.32 Å². The summed E-state index contributed by atoms with van der Waals surface area (Å²) in [6.07, 6.45) is 0. The number of hydrogen-bond acceptors (Lipinski definition) is 3. The molecule has 0 saturated carbocycles. The summed E-state index contributed by atoms with van der Waals surface area (Å²) in [7, 11) is -2.37. The first-order valence-corrected chi connectivity index (χ1v) is 8.30. The van der Waals surface area contributed by atoms with Crippen LogP contribution < -0.4 is 10.5 Å². The first-order valence-electron chi connectivity index (χ1n) is 6.76. The maximum Gasteiger partial charge on any atom is 0.321 e. The number of nitrogens with two attached hydrogens (primary N) is 1. The highest BCUT2D eigenvalue weighted by atomic mass is 32.2. The minimum Gasteiger partial charge on any atom is -0.323 e. The largest absolute Gasteiger partial charge is 0.323 e. The summed E-state index contributed by atoms with van der Waals surface area (Å²) in [6, 6.07) is 7.84. The van der Waals surface area contributed by atoms with Gasteiger partial charge in [-0.2, -0.15) is 0 Å². The highest BCUT2D eigenvalue weighted by Crippen LogP contribution is 2.15. The van der Waals surface area contributed by atoms with Crippen molar-refractivity contribution in [3.8, 4) is 0 Å². The predicted octanol–water partition coefficient (Wildman–Crippen LogP) is 2.28. The molecular weight excluding hydrogens is 340 g/mol. The second kappa shape index (κ2) is 6.93. The number of hydrogen-bond donors (Lipinski definition) is 2. The lowest BCUT2D eigenvalue weighted by Gasteiger charge is -2.18. The zero-order valence-corrected chi connectivity index (χ0v) is 13.5. The molecule has 0 aromatic heterocycles. The molecule has 2 aromatic carbocycles. The lowest BCUT2D eigenvalue weighted by Crippen LogP contribution is -2.31. The van der Waals surface area contributed by atoms with Gasteiger partial charge in [-0.25, -0.2) is 27.1 Å². The first-order chi connectivity index (χ1) is 11.2. The Morgan fingerprint density at radius 2 is 1.79 bits per heavy atom. The summed E-state index contributed by atoms with van der Waals surface area (Å²) in [5, 5.41) is 7.51. The van der Waals surface area contributed by atoms with Gasteiger partial charge in [-0.3, -0.25) is 0 Å². The van der Waals surface area contributed by atoms with Crippen LogP contribution in [0.1, 0.15) is 5.56 Å². The number of nitrogens with one attached hydrogen (secondary N) is 1. The van der Waals surface area contributed by atoms with Gasteiger partial charge in [-0.05, 0) is 30.3 Å². The maximum absolute atomic E-state index is 13.6. The maximum atomic E-state index is 13.6. The molecule has 6 nitrogen and oxygen atoms in total. The third-order valence-corrected chi connectivity index (χ3v) is 4.13. The fourth-order valence-corrected chi connectivity index (χ4v) is 2.44. The predicted molar refractivity (Wildman–Crippen MR) is 84.7 cm³/mol. The lowest BCUT2D eigenvalue weighted by atomic mass is 10.2. The Hall–Kier alpha value is -2.52. The number of carbonyl (C=O) groups excluding carboxylic acids is 1. The number of urea groups is 1. The smallest absolute Gasteiger partial charge is 0.321 e. The number of rotatable bonds is 4. The highest BCUT2D eigenvalue weighted by Gasteiger charge is 2.13. The van der Waals surface area contributed by atoms with E-state index < -0.39 is 27.7 Å². The third kappa shape index (κ3) is 4.49. The van der Waals surface area contributed by atoms with E-state index >= 15 is 0 Å². The Kier molecular flexibility index (Phi) is 5.15. The van der Waals surface area contributed by atoms with Gasteiger partial charge in [0.05, 0.1) is 4.90 Å². The van der Waals surface area contributed by atoms with E-state index in [4.69, 9.17) is 5.14 Å². The van der Waals surface area contributed by atoms with E-state index in [0.717, 1.165) is 12.1 Å². The number of primary sulfonamides is 1. The molecule has 0 atom stereocenters. The van der Waals surface area contributed by atoms with E-state index in [-0.39, 0.29) is 17.0 Å². The summed E-state index contributed by atoms with van der Waals surface area (Å²) < 4.78 is 48.8. The molecular formula is C15H15F2N3O3S. The number of amides is 2. The monoisotopic (exact) mass is 355 g/mol. The summed E-state index contributed by atoms with van der Waals surface area (Å²) in [5.41, 5.74) is 0.512. The third-order valence-electron chi connectivity index (χ3n) is 3.20. The van der Waals surface area contributed by atoms with Crippen LogP contribution in [0.4, 0.5) is 19.3 Å². The highest BCUT2D eigenvalue weighted by molar-refractivity contribution is 7.89. The van der Waals surface area contributed by atoms with Gasteiger partial charge < -0.3 is 10.2 Å². The lowest BCUT2D eigenvalue weighted by molar-refractivity contribution is 0.220. The van der Waals surface area contributed by atoms with Crippen molar-refractivity contribution in [3.05, 3.63) is 59.7 Å². The van der Waals surface area contributed by atoms with Crippen molar-refractivity contribution in [2.24, 2.45) is 5.14 Å². The fraction of sp³-hybridized carbons (Fsp3) is 0.133. The molecule has 0 spiro atoms. The summed E-state index contributed by atoms with van der Waals surface area (Å²) in [5.74, 6) is -1.44. The Labute approximate surface area is 137 Å². The number of anilines is 1. The van der Waals surface area contributed by atoms with Crippen LogP contribution in [0.15, 0.2) is 47.4 Å². The van der Waals surface area contributed by atoms with Crippen molar-refractivity contribution in [1.82, 2.24) is 4.90 Å². The standard InChI is InChI=1S/C15H15F2N3O3S/c1-20(9-10-2-3-11(16)8-14(10)17)15(21)19-12-4-6-13(7-5-12)24(18,22)23/h2-8H,9H2,1H3,(H,19,21)(H2,18,22,23). The van der Waals surface area contributed by atoms with Crippen molar-refractivity contribution in [2.75, 3.05) is 12.4 Å². The van der Waals surface area contributed by atoms with Crippen LogP contribution >= 0.6 is 0 Å². The molecule has 0 heterocycles. The van der Waals surface area contributed by atoms with Crippen molar-refractivity contribution in [3.63, 3.8) is 0 Å². The summed E-state index contributed by atoms with van der Waals surface area (Å²) >= 11 is 0. The zero-order valence-electron chi connectivity index (χ0n) is 12.7. The second-order valence-corrected chi connectivity index (χ2v) is 6.65. The van der Waals surface area contributed by atoms with Crippen LogP contribution in [-0.4, -0.2) is 26.4 Å². The molecule has 0 aliphatic heterocycles. The Morgan fingerprint density at radius 3 is 2.33 bits per heavy atom. The molecule has 0 unspecified atom stereocenters. The number of sulfonamides is 1. The minimum atomic E-state index is -3.81. The molecule has 0 bridgehead atoms. The topological polar surface area (TPSA) is 92.5 Å². The molecule has 0 aliphatic carbocycles. The molecule has 0 aliphatic rings. The normalized spacial score (nSPS) is 11.2. The van der Waals surface area contributed by atoms with Crippen LogP contribution in [-0.2, 0) is 16.6 Å². The van der Waals surface area contributed by atoms with E-state index in [1.165, 1.54) is 42.3 Å². The summed E-state index contributed by atoms with van der Waals surface area (Å²) in [4.78, 5) is 13.2. The van der Waals surface area contributed by atoms with Gasteiger partial charge in [-0.1, -0.05) is 6.07 Å². The SMILES string of the molecule is CN(Cc1ccc(F)cc1F)C(=O)Nc1ccc(S(N)(=O)=O)cc1. The van der Waals surface area contributed by atoms with Crippen molar-refractivity contribution in [1.29, 1.82) is 0 Å². The molecule has 2 aromatic rings. The number of carbonyl (C=O) groups is 1. The molecule has 2 rings (SSSR count). The Balaban J connectivity index is 2.03. The van der Waals surface area contributed by atoms with Crippen LogP contribution in [0.3, 0.4) is 0 Å². The van der Waals surface area contributed by atoms with Gasteiger partial charge in [0.15, 0.2) is 0 Å². The van der Waals surface area contributed by atoms with E-state index in [0.29, 0.717) is 5.69 Å². The molecule has 0 radical (unpaired) electrons. The number of nitrogens with zero attached hydrogens (tertiary/aromatic N) is 1. The van der Waals surface area contributed by atoms with E-state index in [9.17, 15) is 22.0 Å². The average Bonchev–Trinajstić information content (AvgIpc) is 2.49. The van der Waals surface area contributed by atoms with Gasteiger partial charge in [-0.15, -0.1) is 0 Å². The molecule has 0 fully saturated rings. The van der Waals surface area contributed by atoms with E-state index in [1.807, 2.05) is 0 Å². The molecule has 2 amide bonds. The molecule has 3 N–H and O–H groups in total. The van der Waals surface area contributed by atoms with Crippen LogP contribution in [0.5, 0.6) is 0 Å². The molecule has 0 saturated heterocycles. The molecule has 24 heavy (non-hydrogen) atoms. The number of halogens is 2. The van der Waals surface area contributed by atoms with Crippen molar-refractivity contribution in [2.45, 2.75) is 11.4 Å². The Morgan fingerprint density at radius 1 is 1.17 bits per heavy atom. The van der Waals surface area contributed by atoms with Crippen LogP contribution in [0.2, 0.25) is 0 Å². The number of benzene rings is 2. The first kappa shape index (κ1) is 17.8. The fourth-order valence-electron chi connectivity index (χ4n) is 1.92. The van der Waals surface area contributed by atoms with Crippen LogP contribution in [0, 0.1) is 11.6 Å². The summed E-state index contributed by atoms with van der Waals surface area (Å²) in [6.45, 7) is -0.0623. The van der Waals surface area contributed by atoms with Crippen LogP contribution in [0.25, 0.3) is 0 Å². The van der Waals surface area contributed by atoms with Gasteiger partial charge >= 0.3 is 6.03 Å². The van der Waals surface area contributed by atoms with Gasteiger partial charge in [0, 0.05) is 30.9 Å². The Bertz CT molecular complexity index is 855.